The summed E-state index contributed by atoms with van der Waals surface area (Å²) in [4.78, 5) is 29.5. The molecule has 12 heteroatoms. The molecule has 0 fully saturated rings. The third-order valence-corrected chi connectivity index (χ3v) is 10.0. The van der Waals surface area contributed by atoms with Crippen LogP contribution in [0.3, 0.4) is 0 Å². The Hall–Kier alpha value is -4.25. The van der Waals surface area contributed by atoms with Gasteiger partial charge >= 0.3 is 0 Å². The zero-order chi connectivity index (χ0) is 34.1. The maximum Gasteiger partial charge on any atom is 0.264 e. The summed E-state index contributed by atoms with van der Waals surface area (Å²) in [5.41, 5.74) is 2.61. The van der Waals surface area contributed by atoms with Crippen molar-refractivity contribution < 1.29 is 27.5 Å². The number of ether oxygens (including phenoxy) is 2. The topological polar surface area (TPSA) is 105 Å². The van der Waals surface area contributed by atoms with E-state index in [2.05, 4.69) is 5.32 Å². The van der Waals surface area contributed by atoms with Gasteiger partial charge in [0.2, 0.25) is 11.8 Å². The van der Waals surface area contributed by atoms with Crippen molar-refractivity contribution in [3.8, 4) is 11.5 Å². The summed E-state index contributed by atoms with van der Waals surface area (Å²) >= 11 is 12.5. The maximum absolute atomic E-state index is 14.5. The molecule has 0 heterocycles. The van der Waals surface area contributed by atoms with Gasteiger partial charge in [-0.1, -0.05) is 77.3 Å². The summed E-state index contributed by atoms with van der Waals surface area (Å²) in [6, 6.07) is 24.3. The fourth-order valence-corrected chi connectivity index (χ4v) is 6.78. The van der Waals surface area contributed by atoms with Gasteiger partial charge in [-0.15, -0.1) is 0 Å². The van der Waals surface area contributed by atoms with Crippen molar-refractivity contribution in [3.63, 3.8) is 0 Å². The first-order chi connectivity index (χ1) is 22.5. The number of aryl methyl sites for hydroxylation is 1. The van der Waals surface area contributed by atoms with Crippen molar-refractivity contribution in [2.75, 3.05) is 31.6 Å². The number of halogens is 2. The predicted octanol–water partition coefficient (Wildman–Crippen LogP) is 6.29. The van der Waals surface area contributed by atoms with Crippen molar-refractivity contribution in [2.24, 2.45) is 0 Å². The zero-order valence-electron chi connectivity index (χ0n) is 26.6. The Morgan fingerprint density at radius 3 is 2.13 bits per heavy atom. The lowest BCUT2D eigenvalue weighted by molar-refractivity contribution is -0.140. The van der Waals surface area contributed by atoms with Crippen molar-refractivity contribution >= 4 is 50.7 Å². The van der Waals surface area contributed by atoms with Crippen molar-refractivity contribution in [1.29, 1.82) is 0 Å². The molecule has 2 amide bonds. The Morgan fingerprint density at radius 2 is 1.51 bits per heavy atom. The van der Waals surface area contributed by atoms with Crippen molar-refractivity contribution in [3.05, 3.63) is 118 Å². The fraction of sp³-hybridized carbons (Fsp3) is 0.257. The third-order valence-electron chi connectivity index (χ3n) is 7.50. The molecule has 1 atom stereocenters. The van der Waals surface area contributed by atoms with Crippen molar-refractivity contribution in [2.45, 2.75) is 37.8 Å². The number of hydrogen-bond donors (Lipinski definition) is 1. The van der Waals surface area contributed by atoms with Crippen LogP contribution in [-0.4, -0.2) is 58.5 Å². The van der Waals surface area contributed by atoms with Crippen LogP contribution in [0.25, 0.3) is 0 Å². The van der Waals surface area contributed by atoms with Gasteiger partial charge in [0.05, 0.1) is 34.8 Å². The van der Waals surface area contributed by atoms with E-state index in [9.17, 15) is 18.0 Å². The fourth-order valence-electron chi connectivity index (χ4n) is 5.02. The van der Waals surface area contributed by atoms with E-state index in [0.717, 1.165) is 15.4 Å². The van der Waals surface area contributed by atoms with Gasteiger partial charge in [0.15, 0.2) is 11.5 Å². The van der Waals surface area contributed by atoms with E-state index in [1.54, 1.807) is 49.4 Å². The Kier molecular flexibility index (Phi) is 12.1. The lowest BCUT2D eigenvalue weighted by atomic mass is 10.0. The highest BCUT2D eigenvalue weighted by Crippen LogP contribution is 2.33. The highest BCUT2D eigenvalue weighted by atomic mass is 35.5. The van der Waals surface area contributed by atoms with Gasteiger partial charge in [-0.05, 0) is 61.4 Å². The number of benzene rings is 4. The molecule has 4 rings (SSSR count). The predicted molar refractivity (Wildman–Crippen MR) is 185 cm³/mol. The largest absolute Gasteiger partial charge is 0.493 e. The van der Waals surface area contributed by atoms with E-state index < -0.39 is 28.5 Å². The summed E-state index contributed by atoms with van der Waals surface area (Å²) in [7, 11) is -1.48. The van der Waals surface area contributed by atoms with Gasteiger partial charge in [-0.2, -0.15) is 0 Å². The summed E-state index contributed by atoms with van der Waals surface area (Å²) in [6.07, 6.45) is 0.187. The van der Waals surface area contributed by atoms with E-state index in [1.165, 1.54) is 37.3 Å². The molecule has 0 saturated heterocycles. The highest BCUT2D eigenvalue weighted by molar-refractivity contribution is 7.92. The van der Waals surface area contributed by atoms with Gasteiger partial charge in [0.25, 0.3) is 10.0 Å². The summed E-state index contributed by atoms with van der Waals surface area (Å²) in [6.45, 7) is 3.36. The molecule has 0 aromatic heterocycles. The minimum absolute atomic E-state index is 0.0392. The van der Waals surface area contributed by atoms with Crippen molar-refractivity contribution in [1.82, 2.24) is 10.2 Å². The van der Waals surface area contributed by atoms with Gasteiger partial charge in [-0.25, -0.2) is 8.42 Å². The van der Waals surface area contributed by atoms with Gasteiger partial charge < -0.3 is 19.7 Å². The SMILES string of the molecule is CCNC(=O)C(Cc1ccccc1)N(Cc1ccc(Cl)c(Cl)c1)C(=O)CN(c1ccc(C)cc1)S(=O)(=O)c1ccc(OC)c(OC)c1. The molecule has 1 unspecified atom stereocenters. The second-order valence-corrected chi connectivity index (χ2v) is 13.4. The molecule has 1 N–H and O–H groups in total. The van der Waals surface area contributed by atoms with Gasteiger partial charge in [0.1, 0.15) is 12.6 Å². The first-order valence-electron chi connectivity index (χ1n) is 14.8. The Balaban J connectivity index is 1.83. The van der Waals surface area contributed by atoms with E-state index in [1.807, 2.05) is 37.3 Å². The molecule has 47 heavy (non-hydrogen) atoms. The minimum Gasteiger partial charge on any atom is -0.493 e. The number of nitrogens with zero attached hydrogens (tertiary/aromatic N) is 2. The Bertz CT molecular complexity index is 1800. The highest BCUT2D eigenvalue weighted by Gasteiger charge is 2.35. The molecule has 0 bridgehead atoms. The summed E-state index contributed by atoms with van der Waals surface area (Å²) in [5.74, 6) is -0.422. The molecular formula is C35H37Cl2N3O6S. The van der Waals surface area contributed by atoms with Crippen LogP contribution >= 0.6 is 23.2 Å². The molecule has 0 aliphatic heterocycles. The number of likely N-dealkylation sites (N-methyl/N-ethyl adjacent to an activating group) is 1. The van der Waals surface area contributed by atoms with Gasteiger partial charge in [-0.3, -0.25) is 13.9 Å². The first-order valence-corrected chi connectivity index (χ1v) is 17.0. The molecule has 0 radical (unpaired) electrons. The number of rotatable bonds is 14. The number of carbonyl (C=O) groups is 2. The van der Waals surface area contributed by atoms with Crippen LogP contribution < -0.4 is 19.1 Å². The third kappa shape index (κ3) is 8.77. The molecule has 0 aliphatic rings. The first kappa shape index (κ1) is 35.6. The van der Waals surface area contributed by atoms with Crippen LogP contribution in [0.1, 0.15) is 23.6 Å². The maximum atomic E-state index is 14.5. The lowest BCUT2D eigenvalue weighted by Gasteiger charge is -2.34. The second-order valence-electron chi connectivity index (χ2n) is 10.7. The second kappa shape index (κ2) is 16.0. The minimum atomic E-state index is -4.34. The Morgan fingerprint density at radius 1 is 0.830 bits per heavy atom. The monoisotopic (exact) mass is 697 g/mol. The van der Waals surface area contributed by atoms with Crippen LogP contribution in [0.4, 0.5) is 5.69 Å². The van der Waals surface area contributed by atoms with Crippen LogP contribution in [0.2, 0.25) is 10.0 Å². The molecular weight excluding hydrogens is 661 g/mol. The smallest absolute Gasteiger partial charge is 0.264 e. The molecule has 0 aliphatic carbocycles. The van der Waals surface area contributed by atoms with E-state index in [4.69, 9.17) is 32.7 Å². The quantitative estimate of drug-likeness (QED) is 0.166. The number of carbonyl (C=O) groups excluding carboxylic acids is 2. The lowest BCUT2D eigenvalue weighted by Crippen LogP contribution is -2.53. The average molecular weight is 699 g/mol. The van der Waals surface area contributed by atoms with E-state index in [0.29, 0.717) is 22.9 Å². The Labute approximate surface area is 286 Å². The molecule has 0 spiro atoms. The van der Waals surface area contributed by atoms with E-state index in [-0.39, 0.29) is 40.2 Å². The number of hydrogen-bond acceptors (Lipinski definition) is 6. The zero-order valence-corrected chi connectivity index (χ0v) is 28.9. The normalized spacial score (nSPS) is 11.8. The molecule has 4 aromatic rings. The molecule has 248 valence electrons. The summed E-state index contributed by atoms with van der Waals surface area (Å²) in [5, 5.41) is 3.46. The number of anilines is 1. The summed E-state index contributed by atoms with van der Waals surface area (Å²) < 4.78 is 40.4. The van der Waals surface area contributed by atoms with Gasteiger partial charge in [0, 0.05) is 25.6 Å². The van der Waals surface area contributed by atoms with Crippen LogP contribution in [0, 0.1) is 6.92 Å². The molecule has 0 saturated carbocycles. The van der Waals surface area contributed by atoms with Crippen LogP contribution in [0.5, 0.6) is 11.5 Å². The van der Waals surface area contributed by atoms with E-state index >= 15 is 0 Å². The van der Waals surface area contributed by atoms with Crippen LogP contribution in [0.15, 0.2) is 95.9 Å². The average Bonchev–Trinajstić information content (AvgIpc) is 3.07. The molecule has 4 aromatic carbocycles. The number of amides is 2. The standard InChI is InChI=1S/C35H37Cl2N3O6S/c1-5-38-35(42)31(20-25-9-7-6-8-10-25)39(22-26-13-17-29(36)30(37)19-26)34(41)23-40(27-14-11-24(2)12-15-27)47(43,44)28-16-18-32(45-3)33(21-28)46-4/h6-19,21,31H,5,20,22-23H2,1-4H3,(H,38,42). The number of nitrogens with one attached hydrogen (secondary N) is 1. The van der Waals surface area contributed by atoms with Crippen LogP contribution in [-0.2, 0) is 32.6 Å². The number of sulfonamides is 1. The number of methoxy groups -OCH3 is 2. The molecule has 9 nitrogen and oxygen atoms in total.